The van der Waals surface area contributed by atoms with Crippen LogP contribution >= 0.6 is 0 Å². The van der Waals surface area contributed by atoms with Crippen molar-refractivity contribution in [2.24, 2.45) is 5.92 Å². The molecule has 0 aliphatic carbocycles. The molecule has 1 fully saturated rings. The Morgan fingerprint density at radius 2 is 2.03 bits per heavy atom. The average Bonchev–Trinajstić information content (AvgIpc) is 2.69. The highest BCUT2D eigenvalue weighted by molar-refractivity contribution is 5.96. The Bertz CT molecular complexity index is 967. The van der Waals surface area contributed by atoms with Gasteiger partial charge in [0.05, 0.1) is 19.6 Å². The number of H-pyrrole nitrogens is 1. The van der Waals surface area contributed by atoms with Gasteiger partial charge in [-0.15, -0.1) is 0 Å². The fourth-order valence-corrected chi connectivity index (χ4v) is 4.09. The Balaban J connectivity index is 1.90. The number of nitrogen functional groups attached to an aromatic ring is 1. The fraction of sp³-hybridized carbons (Fsp3) is 0.476. The van der Waals surface area contributed by atoms with Crippen molar-refractivity contribution >= 4 is 17.4 Å². The number of likely N-dealkylation sites (N-methyl/N-ethyl adjacent to an activating group) is 1. The first-order valence-corrected chi connectivity index (χ1v) is 10.2. The number of benzene rings is 1. The minimum Gasteiger partial charge on any atom is -0.383 e. The lowest BCUT2D eigenvalue weighted by atomic mass is 10.0. The molecule has 3 rings (SSSR count). The number of carbonyl (C=O) groups excluding carboxylic acids is 1. The number of amides is 1. The molecule has 1 saturated heterocycles. The number of aromatic nitrogens is 2. The second-order valence-electron chi connectivity index (χ2n) is 7.83. The van der Waals surface area contributed by atoms with Crippen LogP contribution in [0.3, 0.4) is 0 Å². The zero-order valence-electron chi connectivity index (χ0n) is 17.1. The molecule has 4 N–H and O–H groups in total. The summed E-state index contributed by atoms with van der Waals surface area (Å²) in [5.74, 6) is 0.446. The van der Waals surface area contributed by atoms with E-state index in [9.17, 15) is 14.4 Å². The maximum atomic E-state index is 13.0. The smallest absolute Gasteiger partial charge is 0.330 e. The summed E-state index contributed by atoms with van der Waals surface area (Å²) in [6.07, 6.45) is 2.28. The summed E-state index contributed by atoms with van der Waals surface area (Å²) >= 11 is 0. The zero-order valence-corrected chi connectivity index (χ0v) is 17.1. The van der Waals surface area contributed by atoms with Crippen LogP contribution in [-0.2, 0) is 11.3 Å². The van der Waals surface area contributed by atoms with E-state index >= 15 is 0 Å². The van der Waals surface area contributed by atoms with Crippen molar-refractivity contribution in [1.82, 2.24) is 9.55 Å². The van der Waals surface area contributed by atoms with Gasteiger partial charge >= 0.3 is 5.69 Å². The molecule has 1 amide bonds. The second kappa shape index (κ2) is 9.09. The molecule has 1 aliphatic heterocycles. The average molecular weight is 401 g/mol. The van der Waals surface area contributed by atoms with Gasteiger partial charge < -0.3 is 10.6 Å². The molecule has 156 valence electrons. The van der Waals surface area contributed by atoms with Gasteiger partial charge in [-0.05, 0) is 25.3 Å². The highest BCUT2D eigenvalue weighted by Gasteiger charge is 2.28. The van der Waals surface area contributed by atoms with Crippen LogP contribution in [0.4, 0.5) is 11.5 Å². The first-order chi connectivity index (χ1) is 13.9. The van der Waals surface area contributed by atoms with E-state index in [0.29, 0.717) is 19.0 Å². The van der Waals surface area contributed by atoms with Gasteiger partial charge in [0.15, 0.2) is 12.2 Å². The molecular formula is C21H30N5O3+. The maximum Gasteiger partial charge on any atom is 0.330 e. The largest absolute Gasteiger partial charge is 0.383 e. The molecule has 1 aliphatic rings. The van der Waals surface area contributed by atoms with Gasteiger partial charge in [0.1, 0.15) is 5.82 Å². The third kappa shape index (κ3) is 4.76. The van der Waals surface area contributed by atoms with E-state index in [1.165, 1.54) is 20.8 Å². The molecular weight excluding hydrogens is 370 g/mol. The molecule has 0 spiro atoms. The molecule has 2 heterocycles. The third-order valence-electron chi connectivity index (χ3n) is 5.55. The minimum atomic E-state index is -0.631. The van der Waals surface area contributed by atoms with Crippen LogP contribution in [-0.4, -0.2) is 41.6 Å². The van der Waals surface area contributed by atoms with Crippen molar-refractivity contribution in [2.75, 3.05) is 36.8 Å². The first-order valence-electron chi connectivity index (χ1n) is 10.2. The number of hydrogen-bond donors (Lipinski definition) is 3. The number of anilines is 2. The van der Waals surface area contributed by atoms with E-state index in [1.54, 1.807) is 6.92 Å². The number of nitrogens with two attached hydrogens (primary N) is 1. The van der Waals surface area contributed by atoms with Crippen LogP contribution in [0, 0.1) is 5.92 Å². The maximum absolute atomic E-state index is 13.0. The molecule has 29 heavy (non-hydrogen) atoms. The molecule has 8 heteroatoms. The number of nitrogens with one attached hydrogen (secondary N) is 2. The molecule has 1 aromatic carbocycles. The molecule has 0 bridgehead atoms. The van der Waals surface area contributed by atoms with Crippen molar-refractivity contribution in [2.45, 2.75) is 33.2 Å². The van der Waals surface area contributed by atoms with Crippen molar-refractivity contribution < 1.29 is 9.69 Å². The normalized spacial score (nSPS) is 19.1. The lowest BCUT2D eigenvalue weighted by Crippen LogP contribution is -3.14. The number of hydrogen-bond acceptors (Lipinski definition) is 4. The van der Waals surface area contributed by atoms with E-state index in [0.717, 1.165) is 25.1 Å². The number of nitrogens with zero attached hydrogens (tertiary/aromatic N) is 2. The monoisotopic (exact) mass is 400 g/mol. The van der Waals surface area contributed by atoms with E-state index in [-0.39, 0.29) is 24.0 Å². The molecule has 0 radical (unpaired) electrons. The molecule has 1 aromatic heterocycles. The molecule has 0 saturated carbocycles. The number of carbonyl (C=O) groups is 1. The number of aromatic amines is 1. The first kappa shape index (κ1) is 20.9. The highest BCUT2D eigenvalue weighted by atomic mass is 16.2. The van der Waals surface area contributed by atoms with Crippen LogP contribution in [0.15, 0.2) is 39.9 Å². The van der Waals surface area contributed by atoms with Gasteiger partial charge in [-0.25, -0.2) is 4.79 Å². The summed E-state index contributed by atoms with van der Waals surface area (Å²) in [5, 5.41) is 0. The number of quaternary nitrogens is 1. The predicted octanol–water partition coefficient (Wildman–Crippen LogP) is -0.165. The van der Waals surface area contributed by atoms with Crippen molar-refractivity contribution in [3.05, 3.63) is 56.7 Å². The summed E-state index contributed by atoms with van der Waals surface area (Å²) < 4.78 is 1.30. The van der Waals surface area contributed by atoms with Crippen LogP contribution in [0.5, 0.6) is 0 Å². The Morgan fingerprint density at radius 1 is 1.31 bits per heavy atom. The summed E-state index contributed by atoms with van der Waals surface area (Å²) in [6, 6.07) is 9.37. The Kier molecular flexibility index (Phi) is 6.53. The summed E-state index contributed by atoms with van der Waals surface area (Å²) in [7, 11) is 0. The van der Waals surface area contributed by atoms with E-state index < -0.39 is 11.2 Å². The lowest BCUT2D eigenvalue weighted by Gasteiger charge is -2.29. The van der Waals surface area contributed by atoms with Crippen LogP contribution in [0.2, 0.25) is 0 Å². The minimum absolute atomic E-state index is 0.0137. The quantitative estimate of drug-likeness (QED) is 0.626. The highest BCUT2D eigenvalue weighted by Crippen LogP contribution is 2.17. The summed E-state index contributed by atoms with van der Waals surface area (Å²) in [4.78, 5) is 42.9. The molecule has 2 aromatic rings. The van der Waals surface area contributed by atoms with Gasteiger partial charge in [-0.3, -0.25) is 24.0 Å². The topological polar surface area (TPSA) is 106 Å². The number of piperidine rings is 1. The van der Waals surface area contributed by atoms with Gasteiger partial charge in [-0.2, -0.15) is 0 Å². The zero-order chi connectivity index (χ0) is 21.0. The van der Waals surface area contributed by atoms with Crippen LogP contribution in [0.1, 0.15) is 32.3 Å². The second-order valence-corrected chi connectivity index (χ2v) is 7.83. The Hall–Kier alpha value is -2.87. The van der Waals surface area contributed by atoms with Gasteiger partial charge in [-0.1, -0.05) is 37.3 Å². The van der Waals surface area contributed by atoms with Gasteiger partial charge in [0.2, 0.25) is 0 Å². The van der Waals surface area contributed by atoms with Crippen LogP contribution in [0.25, 0.3) is 0 Å². The van der Waals surface area contributed by atoms with Crippen molar-refractivity contribution in [3.8, 4) is 0 Å². The number of likely N-dealkylation sites (tertiary alicyclic amines) is 1. The van der Waals surface area contributed by atoms with E-state index in [2.05, 4.69) is 11.9 Å². The van der Waals surface area contributed by atoms with Crippen molar-refractivity contribution in [1.29, 1.82) is 0 Å². The van der Waals surface area contributed by atoms with Crippen LogP contribution < -0.4 is 26.8 Å². The van der Waals surface area contributed by atoms with Crippen molar-refractivity contribution in [3.63, 3.8) is 0 Å². The summed E-state index contributed by atoms with van der Waals surface area (Å²) in [6.45, 7) is 6.74. The van der Waals surface area contributed by atoms with E-state index in [4.69, 9.17) is 5.73 Å². The molecule has 1 unspecified atom stereocenters. The summed E-state index contributed by atoms with van der Waals surface area (Å²) in [5.41, 5.74) is 5.96. The van der Waals surface area contributed by atoms with Gasteiger partial charge in [0, 0.05) is 12.5 Å². The SMILES string of the molecule is CCN(C(=O)C[NH+]1CCC[C@H](C)C1)c1c(N)n(Cc2ccccc2)c(=O)[nH]c1=O. The molecule has 8 nitrogen and oxygen atoms in total. The fourth-order valence-electron chi connectivity index (χ4n) is 4.09. The molecule has 2 atom stereocenters. The van der Waals surface area contributed by atoms with E-state index in [1.807, 2.05) is 30.3 Å². The Morgan fingerprint density at radius 3 is 2.69 bits per heavy atom. The lowest BCUT2D eigenvalue weighted by molar-refractivity contribution is -0.900. The van der Waals surface area contributed by atoms with Gasteiger partial charge in [0.25, 0.3) is 11.5 Å². The predicted molar refractivity (Wildman–Crippen MR) is 113 cm³/mol. The third-order valence-corrected chi connectivity index (χ3v) is 5.55. The number of rotatable bonds is 6. The Labute approximate surface area is 169 Å². The standard InChI is InChI=1S/C21H29N5O3/c1-3-25(17(27)14-24-11-7-8-15(2)12-24)18-19(22)26(21(29)23-20(18)28)13-16-9-5-4-6-10-16/h4-6,9-10,15H,3,7-8,11-14,22H2,1-2H3,(H,23,28,29)/p+1/t15-/m0/s1.